The van der Waals surface area contributed by atoms with Crippen molar-refractivity contribution >= 4 is 23.6 Å². The first-order valence-electron chi connectivity index (χ1n) is 7.70. The fourth-order valence-electron chi connectivity index (χ4n) is 2.23. The summed E-state index contributed by atoms with van der Waals surface area (Å²) in [6.45, 7) is 4.80. The molecule has 0 aliphatic carbocycles. The first-order valence-corrected chi connectivity index (χ1v) is 8.08. The molecule has 0 N–H and O–H groups in total. The first kappa shape index (κ1) is 18.1. The van der Waals surface area contributed by atoms with Crippen LogP contribution in [0.25, 0.3) is 6.08 Å². The van der Waals surface area contributed by atoms with Crippen LogP contribution in [-0.4, -0.2) is 40.8 Å². The third-order valence-corrected chi connectivity index (χ3v) is 4.10. The second-order valence-corrected chi connectivity index (χ2v) is 6.03. The fourth-order valence-corrected chi connectivity index (χ4v) is 2.47. The Labute approximate surface area is 147 Å². The van der Waals surface area contributed by atoms with Gasteiger partial charge < -0.3 is 9.64 Å². The van der Waals surface area contributed by atoms with Crippen LogP contribution in [-0.2, 0) is 11.8 Å². The highest BCUT2D eigenvalue weighted by Crippen LogP contribution is 2.20. The van der Waals surface area contributed by atoms with Crippen molar-refractivity contribution in [2.75, 3.05) is 20.2 Å². The number of hydrogen-bond acceptors (Lipinski definition) is 3. The minimum Gasteiger partial charge on any atom is -0.492 e. The Morgan fingerprint density at radius 3 is 2.79 bits per heavy atom. The molecule has 0 bridgehead atoms. The van der Waals surface area contributed by atoms with E-state index in [0.29, 0.717) is 18.3 Å². The van der Waals surface area contributed by atoms with Crippen molar-refractivity contribution in [1.29, 1.82) is 0 Å². The molecule has 1 amide bonds. The van der Waals surface area contributed by atoms with Crippen LogP contribution in [0.15, 0.2) is 30.3 Å². The van der Waals surface area contributed by atoms with Gasteiger partial charge in [0.05, 0.1) is 12.2 Å². The molecule has 0 fully saturated rings. The molecular formula is C18H22ClN3O2. The molecule has 1 aromatic carbocycles. The highest BCUT2D eigenvalue weighted by Gasteiger charge is 2.10. The molecule has 0 saturated heterocycles. The number of nitrogens with zero attached hydrogens (tertiary/aromatic N) is 3. The molecule has 1 heterocycles. The number of ether oxygens (including phenoxy) is 1. The van der Waals surface area contributed by atoms with Gasteiger partial charge in [0.2, 0.25) is 5.91 Å². The average Bonchev–Trinajstić information content (AvgIpc) is 2.77. The van der Waals surface area contributed by atoms with Crippen LogP contribution in [0.1, 0.15) is 16.8 Å². The Bertz CT molecular complexity index is 753. The molecule has 0 saturated carbocycles. The quantitative estimate of drug-likeness (QED) is 0.754. The highest BCUT2D eigenvalue weighted by atomic mass is 35.5. The Balaban J connectivity index is 1.87. The Morgan fingerprint density at radius 1 is 1.42 bits per heavy atom. The molecule has 128 valence electrons. The molecule has 0 radical (unpaired) electrons. The Kier molecular flexibility index (Phi) is 6.04. The third kappa shape index (κ3) is 4.61. The van der Waals surface area contributed by atoms with E-state index in [-0.39, 0.29) is 5.91 Å². The number of aryl methyl sites for hydroxylation is 3. The van der Waals surface area contributed by atoms with Gasteiger partial charge in [-0.3, -0.25) is 9.48 Å². The lowest BCUT2D eigenvalue weighted by molar-refractivity contribution is -0.125. The molecule has 0 unspecified atom stereocenters. The number of rotatable bonds is 6. The SMILES string of the molecule is Cc1cccc(OCCN(C)C(=O)/C=C/c2c(C)nn(C)c2Cl)c1. The number of hydrogen-bond donors (Lipinski definition) is 0. The number of carbonyl (C=O) groups is 1. The molecule has 2 aromatic rings. The predicted molar refractivity (Wildman–Crippen MR) is 96.3 cm³/mol. The summed E-state index contributed by atoms with van der Waals surface area (Å²) in [5.41, 5.74) is 2.69. The van der Waals surface area contributed by atoms with E-state index >= 15 is 0 Å². The number of aromatic nitrogens is 2. The maximum atomic E-state index is 12.2. The molecule has 5 nitrogen and oxygen atoms in total. The Hall–Kier alpha value is -2.27. The van der Waals surface area contributed by atoms with Crippen LogP contribution in [0, 0.1) is 13.8 Å². The molecule has 0 aliphatic heterocycles. The van der Waals surface area contributed by atoms with Crippen LogP contribution < -0.4 is 4.74 Å². The number of amides is 1. The van der Waals surface area contributed by atoms with E-state index in [9.17, 15) is 4.79 Å². The summed E-state index contributed by atoms with van der Waals surface area (Å²) < 4.78 is 7.24. The fraction of sp³-hybridized carbons (Fsp3) is 0.333. The van der Waals surface area contributed by atoms with E-state index in [1.165, 1.54) is 6.08 Å². The van der Waals surface area contributed by atoms with E-state index in [2.05, 4.69) is 5.10 Å². The highest BCUT2D eigenvalue weighted by molar-refractivity contribution is 6.31. The van der Waals surface area contributed by atoms with Gasteiger partial charge in [0, 0.05) is 25.7 Å². The molecule has 0 aliphatic rings. The van der Waals surface area contributed by atoms with E-state index < -0.39 is 0 Å². The largest absolute Gasteiger partial charge is 0.492 e. The van der Waals surface area contributed by atoms with E-state index in [1.807, 2.05) is 38.1 Å². The van der Waals surface area contributed by atoms with Gasteiger partial charge in [0.1, 0.15) is 17.5 Å². The van der Waals surface area contributed by atoms with Gasteiger partial charge in [0.15, 0.2) is 0 Å². The summed E-state index contributed by atoms with van der Waals surface area (Å²) >= 11 is 6.15. The van der Waals surface area contributed by atoms with Crippen LogP contribution in [0.3, 0.4) is 0 Å². The number of likely N-dealkylation sites (N-methyl/N-ethyl adjacent to an activating group) is 1. The summed E-state index contributed by atoms with van der Waals surface area (Å²) in [4.78, 5) is 13.8. The van der Waals surface area contributed by atoms with Crippen molar-refractivity contribution in [2.45, 2.75) is 13.8 Å². The number of halogens is 1. The maximum absolute atomic E-state index is 12.2. The van der Waals surface area contributed by atoms with E-state index in [0.717, 1.165) is 22.6 Å². The van der Waals surface area contributed by atoms with Crippen LogP contribution in [0.5, 0.6) is 5.75 Å². The molecule has 24 heavy (non-hydrogen) atoms. The smallest absolute Gasteiger partial charge is 0.246 e. The van der Waals surface area contributed by atoms with Gasteiger partial charge in [0.25, 0.3) is 0 Å². The zero-order valence-corrected chi connectivity index (χ0v) is 15.2. The zero-order valence-electron chi connectivity index (χ0n) is 14.4. The van der Waals surface area contributed by atoms with Gasteiger partial charge in [-0.25, -0.2) is 0 Å². The second kappa shape index (κ2) is 8.02. The number of benzene rings is 1. The monoisotopic (exact) mass is 347 g/mol. The lowest BCUT2D eigenvalue weighted by atomic mass is 10.2. The minimum atomic E-state index is -0.109. The third-order valence-electron chi connectivity index (χ3n) is 3.65. The molecule has 2 rings (SSSR count). The predicted octanol–water partition coefficient (Wildman–Crippen LogP) is 3.24. The van der Waals surface area contributed by atoms with Gasteiger partial charge in [-0.1, -0.05) is 23.7 Å². The summed E-state index contributed by atoms with van der Waals surface area (Å²) in [6, 6.07) is 7.83. The van der Waals surface area contributed by atoms with Gasteiger partial charge in [-0.05, 0) is 37.6 Å². The van der Waals surface area contributed by atoms with E-state index in [1.54, 1.807) is 29.8 Å². The summed E-state index contributed by atoms with van der Waals surface area (Å²) in [6.07, 6.45) is 3.20. The summed E-state index contributed by atoms with van der Waals surface area (Å²) in [5, 5.41) is 4.73. The van der Waals surface area contributed by atoms with Crippen molar-refractivity contribution in [3.05, 3.63) is 52.3 Å². The molecule has 1 aromatic heterocycles. The Morgan fingerprint density at radius 2 is 2.17 bits per heavy atom. The van der Waals surface area contributed by atoms with Crippen molar-refractivity contribution in [3.8, 4) is 5.75 Å². The minimum absolute atomic E-state index is 0.109. The molecule has 0 atom stereocenters. The van der Waals surface area contributed by atoms with E-state index in [4.69, 9.17) is 16.3 Å². The topological polar surface area (TPSA) is 47.4 Å². The van der Waals surface area contributed by atoms with Crippen LogP contribution >= 0.6 is 11.6 Å². The molecular weight excluding hydrogens is 326 g/mol. The van der Waals surface area contributed by atoms with Crippen molar-refractivity contribution in [3.63, 3.8) is 0 Å². The molecule has 0 spiro atoms. The van der Waals surface area contributed by atoms with Crippen LogP contribution in [0.2, 0.25) is 5.15 Å². The van der Waals surface area contributed by atoms with Crippen molar-refractivity contribution < 1.29 is 9.53 Å². The second-order valence-electron chi connectivity index (χ2n) is 5.67. The standard InChI is InChI=1S/C18H22ClN3O2/c1-13-6-5-7-15(12-13)24-11-10-21(3)17(23)9-8-16-14(2)20-22(4)18(16)19/h5-9,12H,10-11H2,1-4H3/b9-8+. The van der Waals surface area contributed by atoms with Gasteiger partial charge >= 0.3 is 0 Å². The number of carbonyl (C=O) groups excluding carboxylic acids is 1. The van der Waals surface area contributed by atoms with Crippen molar-refractivity contribution in [2.24, 2.45) is 7.05 Å². The lowest BCUT2D eigenvalue weighted by Crippen LogP contribution is -2.29. The van der Waals surface area contributed by atoms with Crippen molar-refractivity contribution in [1.82, 2.24) is 14.7 Å². The van der Waals surface area contributed by atoms with Crippen LogP contribution in [0.4, 0.5) is 0 Å². The van der Waals surface area contributed by atoms with Gasteiger partial charge in [-0.2, -0.15) is 5.10 Å². The lowest BCUT2D eigenvalue weighted by Gasteiger charge is -2.15. The average molecular weight is 348 g/mol. The first-order chi connectivity index (χ1) is 11.4. The summed E-state index contributed by atoms with van der Waals surface area (Å²) in [5.74, 6) is 0.700. The zero-order chi connectivity index (χ0) is 17.7. The van der Waals surface area contributed by atoms with Gasteiger partial charge in [-0.15, -0.1) is 0 Å². The normalized spacial score (nSPS) is 11.0. The molecule has 6 heteroatoms. The summed E-state index contributed by atoms with van der Waals surface area (Å²) in [7, 11) is 3.51. The maximum Gasteiger partial charge on any atom is 0.246 e.